The molecule has 8 nitrogen and oxygen atoms in total. The van der Waals surface area contributed by atoms with Gasteiger partial charge in [-0.2, -0.15) is 0 Å². The smallest absolute Gasteiger partial charge is 0.333 e. The Morgan fingerprint density at radius 1 is 0.816 bits per heavy atom. The van der Waals surface area contributed by atoms with Crippen LogP contribution in [0.25, 0.3) is 0 Å². The fourth-order valence-corrected chi connectivity index (χ4v) is 6.51. The van der Waals surface area contributed by atoms with Crippen molar-refractivity contribution in [1.82, 2.24) is 0 Å². The Morgan fingerprint density at radius 3 is 1.66 bits per heavy atom. The number of ether oxygens (including phenoxy) is 2. The summed E-state index contributed by atoms with van der Waals surface area (Å²) in [6.45, 7) is 10.2. The summed E-state index contributed by atoms with van der Waals surface area (Å²) in [7, 11) is -3.75. The molecule has 0 fully saturated rings. The molecule has 38 heavy (non-hydrogen) atoms. The van der Waals surface area contributed by atoms with Crippen LogP contribution in [0, 0.1) is 5.92 Å². The third-order valence-electron chi connectivity index (χ3n) is 6.73. The topological polar surface area (TPSA) is 97.4 Å². The van der Waals surface area contributed by atoms with Crippen molar-refractivity contribution < 1.29 is 37.1 Å². The summed E-state index contributed by atoms with van der Waals surface area (Å²) in [5.41, 5.74) is 1.61. The van der Waals surface area contributed by atoms with Crippen LogP contribution in [0.1, 0.15) is 38.3 Å². The molecule has 2 atom stereocenters. The van der Waals surface area contributed by atoms with Gasteiger partial charge >= 0.3 is 19.5 Å². The van der Waals surface area contributed by atoms with E-state index in [1.807, 2.05) is 94.5 Å². The summed E-state index contributed by atoms with van der Waals surface area (Å²) >= 11 is 0. The Balaban J connectivity index is 2.33. The number of hydrogen-bond acceptors (Lipinski definition) is 8. The largest absolute Gasteiger partial charge is 0.469 e. The van der Waals surface area contributed by atoms with Crippen LogP contribution in [-0.4, -0.2) is 46.7 Å². The second kappa shape index (κ2) is 14.2. The van der Waals surface area contributed by atoms with Gasteiger partial charge in [0.2, 0.25) is 0 Å². The molecule has 0 saturated heterocycles. The normalized spacial score (nSPS) is 14.0. The number of esters is 2. The summed E-state index contributed by atoms with van der Waals surface area (Å²) in [6, 6.07) is 18.5. The Bertz CT molecular complexity index is 1020. The number of rotatable bonds is 14. The lowest BCUT2D eigenvalue weighted by Crippen LogP contribution is -2.47. The summed E-state index contributed by atoms with van der Waals surface area (Å²) in [5.74, 6) is -2.23. The zero-order valence-electron chi connectivity index (χ0n) is 23.5. The van der Waals surface area contributed by atoms with Gasteiger partial charge < -0.3 is 22.9 Å². The van der Waals surface area contributed by atoms with Gasteiger partial charge in [0.05, 0.1) is 39.5 Å². The molecule has 0 amide bonds. The first kappa shape index (κ1) is 31.9. The fourth-order valence-electron chi connectivity index (χ4n) is 3.43. The van der Waals surface area contributed by atoms with Crippen molar-refractivity contribution in [2.75, 3.05) is 20.4 Å². The highest BCUT2D eigenvalue weighted by molar-refractivity contribution is 7.53. The van der Waals surface area contributed by atoms with Crippen LogP contribution in [0.15, 0.2) is 60.7 Å². The molecule has 0 aliphatic heterocycles. The van der Waals surface area contributed by atoms with Crippen molar-refractivity contribution in [1.29, 1.82) is 0 Å². The maximum Gasteiger partial charge on any atom is 0.333 e. The Morgan fingerprint density at radius 2 is 1.26 bits per heavy atom. The summed E-state index contributed by atoms with van der Waals surface area (Å²) in [4.78, 5) is 25.6. The highest BCUT2D eigenvalue weighted by Gasteiger charge is 2.43. The minimum atomic E-state index is -3.85. The molecular formula is C28H41O8PSi. The lowest BCUT2D eigenvalue weighted by atomic mass is 10.0. The minimum Gasteiger partial charge on any atom is -0.469 e. The second-order valence-electron chi connectivity index (χ2n) is 10.7. The van der Waals surface area contributed by atoms with Gasteiger partial charge in [0.1, 0.15) is 6.10 Å². The van der Waals surface area contributed by atoms with Gasteiger partial charge in [-0.25, -0.2) is 4.79 Å². The van der Waals surface area contributed by atoms with Crippen LogP contribution >= 0.6 is 7.60 Å². The minimum absolute atomic E-state index is 0.0295. The summed E-state index contributed by atoms with van der Waals surface area (Å²) < 4.78 is 42.1. The van der Waals surface area contributed by atoms with Crippen molar-refractivity contribution in [3.8, 4) is 0 Å². The molecule has 0 N–H and O–H groups in total. The zero-order chi connectivity index (χ0) is 28.4. The first-order chi connectivity index (χ1) is 17.8. The van der Waals surface area contributed by atoms with E-state index in [-0.39, 0.29) is 30.8 Å². The molecule has 2 rings (SSSR count). The van der Waals surface area contributed by atoms with Crippen LogP contribution in [-0.2, 0) is 50.3 Å². The zero-order valence-corrected chi connectivity index (χ0v) is 25.4. The van der Waals surface area contributed by atoms with Crippen molar-refractivity contribution in [2.45, 2.75) is 64.6 Å². The molecule has 0 radical (unpaired) electrons. The lowest BCUT2D eigenvalue weighted by Gasteiger charge is -2.39. The van der Waals surface area contributed by atoms with Crippen LogP contribution in [0.5, 0.6) is 0 Å². The third-order valence-corrected chi connectivity index (χ3v) is 13.1. The van der Waals surface area contributed by atoms with Gasteiger partial charge in [-0.05, 0) is 35.7 Å². The third kappa shape index (κ3) is 9.78. The monoisotopic (exact) mass is 564 g/mol. The molecule has 2 aromatic carbocycles. The summed E-state index contributed by atoms with van der Waals surface area (Å²) in [6.07, 6.45) is -1.41. The van der Waals surface area contributed by atoms with Crippen molar-refractivity contribution in [3.05, 3.63) is 71.8 Å². The van der Waals surface area contributed by atoms with E-state index in [4.69, 9.17) is 22.9 Å². The van der Waals surface area contributed by atoms with Crippen LogP contribution < -0.4 is 0 Å². The maximum atomic E-state index is 14.1. The molecule has 0 saturated carbocycles. The quantitative estimate of drug-likeness (QED) is 0.149. The van der Waals surface area contributed by atoms with Gasteiger partial charge in [0.25, 0.3) is 0 Å². The summed E-state index contributed by atoms with van der Waals surface area (Å²) in [5, 5.41) is -0.188. The first-order valence-corrected chi connectivity index (χ1v) is 17.2. The highest BCUT2D eigenvalue weighted by atomic mass is 31.2. The number of carbonyl (C=O) groups is 2. The van der Waals surface area contributed by atoms with E-state index in [1.165, 1.54) is 14.2 Å². The molecule has 2 aromatic rings. The van der Waals surface area contributed by atoms with E-state index in [1.54, 1.807) is 0 Å². The maximum absolute atomic E-state index is 14.1. The second-order valence-corrected chi connectivity index (χ2v) is 17.5. The molecule has 0 aromatic heterocycles. The van der Waals surface area contributed by atoms with E-state index >= 15 is 0 Å². The van der Waals surface area contributed by atoms with Gasteiger partial charge in [-0.15, -0.1) is 0 Å². The van der Waals surface area contributed by atoms with Crippen LogP contribution in [0.4, 0.5) is 0 Å². The van der Waals surface area contributed by atoms with E-state index < -0.39 is 39.9 Å². The van der Waals surface area contributed by atoms with E-state index in [9.17, 15) is 14.2 Å². The van der Waals surface area contributed by atoms with Crippen molar-refractivity contribution in [3.63, 3.8) is 0 Å². The Kier molecular flexibility index (Phi) is 11.9. The average Bonchev–Trinajstić information content (AvgIpc) is 2.89. The molecule has 1 unspecified atom stereocenters. The van der Waals surface area contributed by atoms with E-state index in [0.29, 0.717) is 0 Å². The predicted molar refractivity (Wildman–Crippen MR) is 149 cm³/mol. The average molecular weight is 565 g/mol. The molecule has 0 spiro atoms. The fraction of sp³-hybridized carbons (Fsp3) is 0.500. The molecule has 0 heterocycles. The number of carbonyl (C=O) groups excluding carboxylic acids is 2. The van der Waals surface area contributed by atoms with Gasteiger partial charge in [0.15, 0.2) is 8.32 Å². The lowest BCUT2D eigenvalue weighted by molar-refractivity contribution is -0.152. The van der Waals surface area contributed by atoms with Crippen LogP contribution in [0.2, 0.25) is 18.1 Å². The molecule has 0 aliphatic carbocycles. The Labute approximate surface area is 227 Å². The van der Waals surface area contributed by atoms with E-state index in [2.05, 4.69) is 0 Å². The Hall–Kier alpha value is -2.29. The molecule has 10 heteroatoms. The van der Waals surface area contributed by atoms with Crippen molar-refractivity contribution in [2.24, 2.45) is 5.92 Å². The first-order valence-electron chi connectivity index (χ1n) is 12.6. The highest BCUT2D eigenvalue weighted by Crippen LogP contribution is 2.52. The standard InChI is InChI=1S/C28H41O8PSi/c1-28(2,3)38(6,7)36-25(27(30)33-5)18-24(26(29)32-4)21-37(31,34-19-22-14-10-8-11-15-22)35-20-23-16-12-9-13-17-23/h8-17,24-25H,18-21H2,1-7H3/t24?,25-/m0/s1. The van der Waals surface area contributed by atoms with Gasteiger partial charge in [-0.3, -0.25) is 9.36 Å². The van der Waals surface area contributed by atoms with E-state index in [0.717, 1.165) is 11.1 Å². The number of benzene rings is 2. The molecule has 0 aliphatic rings. The van der Waals surface area contributed by atoms with Gasteiger partial charge in [-0.1, -0.05) is 81.4 Å². The van der Waals surface area contributed by atoms with Gasteiger partial charge in [0, 0.05) is 0 Å². The SMILES string of the molecule is COC(=O)C(C[C@H](O[Si](C)(C)C(C)(C)C)C(=O)OC)CP(=O)(OCc1ccccc1)OCc1ccccc1. The molecule has 0 bridgehead atoms. The van der Waals surface area contributed by atoms with Crippen LogP contribution in [0.3, 0.4) is 0 Å². The molecule has 210 valence electrons. The predicted octanol–water partition coefficient (Wildman–Crippen LogP) is 6.36. The number of hydrogen-bond donors (Lipinski definition) is 0. The number of methoxy groups -OCH3 is 2. The van der Waals surface area contributed by atoms with Crippen molar-refractivity contribution >= 4 is 27.9 Å². The molecular weight excluding hydrogens is 523 g/mol.